The Labute approximate surface area is 111 Å². The van der Waals surface area contributed by atoms with Gasteiger partial charge in [0.2, 0.25) is 0 Å². The Morgan fingerprint density at radius 2 is 1.63 bits per heavy atom. The van der Waals surface area contributed by atoms with Crippen LogP contribution in [0, 0.1) is 0 Å². The molecule has 0 aliphatic heterocycles. The second-order valence-electron chi connectivity index (χ2n) is 4.08. The van der Waals surface area contributed by atoms with Gasteiger partial charge in [-0.15, -0.1) is 0 Å². The lowest BCUT2D eigenvalue weighted by molar-refractivity contribution is 0.102. The molecule has 2 aromatic carbocycles. The number of carbonyl (C=O) groups is 1. The molecule has 1 amide bonds. The number of hydrogen-bond donors (Lipinski definition) is 2. The van der Waals surface area contributed by atoms with Crippen molar-refractivity contribution in [1.29, 1.82) is 0 Å². The third-order valence-electron chi connectivity index (χ3n) is 2.75. The number of benzene rings is 2. The van der Waals surface area contributed by atoms with E-state index in [4.69, 9.17) is 5.21 Å². The highest BCUT2D eigenvalue weighted by atomic mass is 16.4. The van der Waals surface area contributed by atoms with Crippen molar-refractivity contribution < 1.29 is 10.0 Å². The van der Waals surface area contributed by atoms with E-state index in [0.717, 1.165) is 5.56 Å². The fourth-order valence-electron chi connectivity index (χ4n) is 1.65. The van der Waals surface area contributed by atoms with E-state index in [9.17, 15) is 4.79 Å². The Morgan fingerprint density at radius 3 is 2.21 bits per heavy atom. The van der Waals surface area contributed by atoms with Gasteiger partial charge in [-0.05, 0) is 36.8 Å². The second-order valence-corrected chi connectivity index (χ2v) is 4.08. The van der Waals surface area contributed by atoms with E-state index < -0.39 is 0 Å². The van der Waals surface area contributed by atoms with Crippen LogP contribution in [0.4, 0.5) is 5.69 Å². The van der Waals surface area contributed by atoms with E-state index in [0.29, 0.717) is 17.0 Å². The summed E-state index contributed by atoms with van der Waals surface area (Å²) in [6.45, 7) is 1.71. The maximum absolute atomic E-state index is 11.9. The number of nitrogens with zero attached hydrogens (tertiary/aromatic N) is 1. The van der Waals surface area contributed by atoms with E-state index >= 15 is 0 Å². The van der Waals surface area contributed by atoms with Crippen molar-refractivity contribution in [2.45, 2.75) is 6.92 Å². The highest BCUT2D eigenvalue weighted by Crippen LogP contribution is 2.12. The van der Waals surface area contributed by atoms with Crippen LogP contribution in [-0.4, -0.2) is 16.8 Å². The predicted molar refractivity (Wildman–Crippen MR) is 74.8 cm³/mol. The van der Waals surface area contributed by atoms with E-state index in [2.05, 4.69) is 10.5 Å². The molecule has 2 aromatic rings. The largest absolute Gasteiger partial charge is 0.411 e. The van der Waals surface area contributed by atoms with Crippen LogP contribution in [0.15, 0.2) is 59.8 Å². The quantitative estimate of drug-likeness (QED) is 0.502. The topological polar surface area (TPSA) is 61.7 Å². The first-order valence-corrected chi connectivity index (χ1v) is 5.86. The Morgan fingerprint density at radius 1 is 1.00 bits per heavy atom. The standard InChI is InChI=1S/C15H14N2O2/c1-11(17-19)12-7-9-14(10-8-12)16-15(18)13-5-3-2-4-6-13/h2-10,19H,1H3,(H,16,18)/b17-11+. The van der Waals surface area contributed by atoms with Gasteiger partial charge in [0, 0.05) is 11.3 Å². The Bertz CT molecular complexity index is 589. The number of oxime groups is 1. The van der Waals surface area contributed by atoms with Gasteiger partial charge < -0.3 is 10.5 Å². The van der Waals surface area contributed by atoms with Crippen molar-refractivity contribution in [3.8, 4) is 0 Å². The molecular formula is C15H14N2O2. The molecule has 0 atom stereocenters. The molecule has 0 heterocycles. The highest BCUT2D eigenvalue weighted by molar-refractivity contribution is 6.04. The maximum atomic E-state index is 11.9. The number of amides is 1. The first kappa shape index (κ1) is 12.8. The molecule has 4 nitrogen and oxygen atoms in total. The average molecular weight is 254 g/mol. The van der Waals surface area contributed by atoms with Crippen LogP contribution in [0.2, 0.25) is 0 Å². The monoisotopic (exact) mass is 254 g/mol. The zero-order valence-electron chi connectivity index (χ0n) is 10.5. The molecule has 0 aliphatic rings. The predicted octanol–water partition coefficient (Wildman–Crippen LogP) is 3.14. The van der Waals surface area contributed by atoms with Gasteiger partial charge in [-0.1, -0.05) is 35.5 Å². The summed E-state index contributed by atoms with van der Waals surface area (Å²) < 4.78 is 0. The van der Waals surface area contributed by atoms with Gasteiger partial charge >= 0.3 is 0 Å². The smallest absolute Gasteiger partial charge is 0.255 e. The molecule has 2 N–H and O–H groups in total. The molecule has 0 bridgehead atoms. The van der Waals surface area contributed by atoms with Crippen LogP contribution in [0.25, 0.3) is 0 Å². The lowest BCUT2D eigenvalue weighted by Gasteiger charge is -2.06. The van der Waals surface area contributed by atoms with E-state index in [1.54, 1.807) is 43.3 Å². The highest BCUT2D eigenvalue weighted by Gasteiger charge is 2.05. The summed E-state index contributed by atoms with van der Waals surface area (Å²) in [5, 5.41) is 14.6. The lowest BCUT2D eigenvalue weighted by Crippen LogP contribution is -2.11. The number of rotatable bonds is 3. The van der Waals surface area contributed by atoms with Gasteiger partial charge in [0.15, 0.2) is 0 Å². The van der Waals surface area contributed by atoms with Crippen molar-refractivity contribution in [2.24, 2.45) is 5.16 Å². The average Bonchev–Trinajstić information content (AvgIpc) is 2.48. The molecule has 4 heteroatoms. The van der Waals surface area contributed by atoms with Crippen LogP contribution in [0.5, 0.6) is 0 Å². The third kappa shape index (κ3) is 3.19. The van der Waals surface area contributed by atoms with Crippen molar-refractivity contribution in [1.82, 2.24) is 0 Å². The lowest BCUT2D eigenvalue weighted by atomic mass is 10.1. The molecule has 0 saturated heterocycles. The first-order chi connectivity index (χ1) is 9.20. The number of anilines is 1. The summed E-state index contributed by atoms with van der Waals surface area (Å²) in [6.07, 6.45) is 0. The summed E-state index contributed by atoms with van der Waals surface area (Å²) in [5.41, 5.74) is 2.64. The minimum atomic E-state index is -0.152. The molecule has 0 aliphatic carbocycles. The van der Waals surface area contributed by atoms with Crippen LogP contribution in [0.3, 0.4) is 0 Å². The zero-order valence-corrected chi connectivity index (χ0v) is 10.5. The minimum absolute atomic E-state index is 0.152. The molecule has 96 valence electrons. The van der Waals surface area contributed by atoms with Crippen molar-refractivity contribution in [3.05, 3.63) is 65.7 Å². The fourth-order valence-corrected chi connectivity index (χ4v) is 1.65. The molecule has 0 saturated carbocycles. The summed E-state index contributed by atoms with van der Waals surface area (Å²) in [6, 6.07) is 16.1. The zero-order chi connectivity index (χ0) is 13.7. The summed E-state index contributed by atoms with van der Waals surface area (Å²) in [4.78, 5) is 11.9. The van der Waals surface area contributed by atoms with Crippen molar-refractivity contribution in [3.63, 3.8) is 0 Å². The minimum Gasteiger partial charge on any atom is -0.411 e. The summed E-state index contributed by atoms with van der Waals surface area (Å²) >= 11 is 0. The van der Waals surface area contributed by atoms with Gasteiger partial charge in [0.05, 0.1) is 5.71 Å². The molecule has 0 radical (unpaired) electrons. The number of nitrogens with one attached hydrogen (secondary N) is 1. The molecule has 19 heavy (non-hydrogen) atoms. The van der Waals surface area contributed by atoms with E-state index in [1.165, 1.54) is 0 Å². The number of carbonyl (C=O) groups excluding carboxylic acids is 1. The van der Waals surface area contributed by atoms with Gasteiger partial charge in [-0.2, -0.15) is 0 Å². The molecule has 0 fully saturated rings. The Hall–Kier alpha value is -2.62. The molecule has 2 rings (SSSR count). The molecule has 0 spiro atoms. The van der Waals surface area contributed by atoms with Gasteiger partial charge in [-0.25, -0.2) is 0 Å². The summed E-state index contributed by atoms with van der Waals surface area (Å²) in [5.74, 6) is -0.152. The van der Waals surface area contributed by atoms with E-state index in [-0.39, 0.29) is 5.91 Å². The Balaban J connectivity index is 2.10. The van der Waals surface area contributed by atoms with E-state index in [1.807, 2.05) is 18.2 Å². The van der Waals surface area contributed by atoms with Crippen molar-refractivity contribution >= 4 is 17.3 Å². The molecule has 0 unspecified atom stereocenters. The third-order valence-corrected chi connectivity index (χ3v) is 2.75. The van der Waals surface area contributed by atoms with Crippen LogP contribution < -0.4 is 5.32 Å². The van der Waals surface area contributed by atoms with Crippen molar-refractivity contribution in [2.75, 3.05) is 5.32 Å². The van der Waals surface area contributed by atoms with Crippen LogP contribution >= 0.6 is 0 Å². The Kier molecular flexibility index (Phi) is 3.93. The van der Waals surface area contributed by atoms with Crippen LogP contribution in [-0.2, 0) is 0 Å². The van der Waals surface area contributed by atoms with Gasteiger partial charge in [-0.3, -0.25) is 4.79 Å². The molecule has 0 aromatic heterocycles. The first-order valence-electron chi connectivity index (χ1n) is 5.86. The number of hydrogen-bond acceptors (Lipinski definition) is 3. The fraction of sp³-hybridized carbons (Fsp3) is 0.0667. The normalized spacial score (nSPS) is 11.1. The summed E-state index contributed by atoms with van der Waals surface area (Å²) in [7, 11) is 0. The SMILES string of the molecule is C/C(=N\O)c1ccc(NC(=O)c2ccccc2)cc1. The van der Waals surface area contributed by atoms with Gasteiger partial charge in [0.25, 0.3) is 5.91 Å². The maximum Gasteiger partial charge on any atom is 0.255 e. The second kappa shape index (κ2) is 5.82. The molecular weight excluding hydrogens is 240 g/mol. The van der Waals surface area contributed by atoms with Crippen LogP contribution in [0.1, 0.15) is 22.8 Å². The van der Waals surface area contributed by atoms with Gasteiger partial charge in [0.1, 0.15) is 0 Å².